The Kier molecular flexibility index (Phi) is 5.70. The van der Waals surface area contributed by atoms with Gasteiger partial charge in [0.05, 0.1) is 0 Å². The number of carbonyl (C=O) groups excluding carboxylic acids is 2. The Bertz CT molecular complexity index is 457. The first-order valence-electron chi connectivity index (χ1n) is 6.81. The number of primary amides is 1. The van der Waals surface area contributed by atoms with E-state index in [1.165, 1.54) is 0 Å². The van der Waals surface area contributed by atoms with E-state index in [9.17, 15) is 14.7 Å². The van der Waals surface area contributed by atoms with E-state index in [1.54, 1.807) is 35.2 Å². The third-order valence-electron chi connectivity index (χ3n) is 3.48. The predicted molar refractivity (Wildman–Crippen MR) is 76.7 cm³/mol. The first-order chi connectivity index (χ1) is 9.45. The van der Waals surface area contributed by atoms with Gasteiger partial charge in [-0.25, -0.2) is 0 Å². The minimum absolute atomic E-state index is 0.0122. The standard InChI is InChI=1S/C15H22N2O3/c1-3-17(4-2)13(18)10-11-15(20,14(16)19)12-8-6-5-7-9-12/h5-9,20H,3-4,10-11H2,1-2H3,(H2,16,19). The van der Waals surface area contributed by atoms with Crippen LogP contribution in [-0.4, -0.2) is 34.9 Å². The van der Waals surface area contributed by atoms with E-state index in [1.807, 2.05) is 13.8 Å². The van der Waals surface area contributed by atoms with Crippen molar-refractivity contribution in [1.29, 1.82) is 0 Å². The molecular formula is C15H22N2O3. The van der Waals surface area contributed by atoms with E-state index >= 15 is 0 Å². The molecule has 0 aliphatic carbocycles. The molecule has 1 rings (SSSR count). The molecule has 20 heavy (non-hydrogen) atoms. The molecule has 0 saturated carbocycles. The van der Waals surface area contributed by atoms with Crippen LogP contribution in [0.2, 0.25) is 0 Å². The van der Waals surface area contributed by atoms with Crippen LogP contribution in [0, 0.1) is 0 Å². The fourth-order valence-electron chi connectivity index (χ4n) is 2.15. The summed E-state index contributed by atoms with van der Waals surface area (Å²) in [5.41, 5.74) is 3.93. The highest BCUT2D eigenvalue weighted by molar-refractivity contribution is 5.85. The maximum absolute atomic E-state index is 12.0. The molecule has 1 aromatic rings. The first-order valence-corrected chi connectivity index (χ1v) is 6.81. The third kappa shape index (κ3) is 3.57. The fourth-order valence-corrected chi connectivity index (χ4v) is 2.15. The maximum atomic E-state index is 12.0. The van der Waals surface area contributed by atoms with E-state index in [-0.39, 0.29) is 18.7 Å². The van der Waals surface area contributed by atoms with Crippen LogP contribution in [0.5, 0.6) is 0 Å². The summed E-state index contributed by atoms with van der Waals surface area (Å²) in [6, 6.07) is 8.48. The maximum Gasteiger partial charge on any atom is 0.254 e. The molecule has 5 nitrogen and oxygen atoms in total. The Morgan fingerprint density at radius 1 is 1.20 bits per heavy atom. The number of rotatable bonds is 7. The minimum Gasteiger partial charge on any atom is -0.375 e. The smallest absolute Gasteiger partial charge is 0.254 e. The number of hydrogen-bond donors (Lipinski definition) is 2. The van der Waals surface area contributed by atoms with Crippen molar-refractivity contribution in [3.8, 4) is 0 Å². The lowest BCUT2D eigenvalue weighted by molar-refractivity contribution is -0.140. The normalized spacial score (nSPS) is 13.6. The van der Waals surface area contributed by atoms with Crippen molar-refractivity contribution >= 4 is 11.8 Å². The molecule has 3 N–H and O–H groups in total. The lowest BCUT2D eigenvalue weighted by Gasteiger charge is -2.26. The van der Waals surface area contributed by atoms with Crippen LogP contribution in [0.15, 0.2) is 30.3 Å². The van der Waals surface area contributed by atoms with Gasteiger partial charge >= 0.3 is 0 Å². The van der Waals surface area contributed by atoms with Gasteiger partial charge in [-0.15, -0.1) is 0 Å². The summed E-state index contributed by atoms with van der Waals surface area (Å²) in [6.45, 7) is 4.99. The van der Waals surface area contributed by atoms with Crippen molar-refractivity contribution in [2.75, 3.05) is 13.1 Å². The van der Waals surface area contributed by atoms with Crippen molar-refractivity contribution in [3.05, 3.63) is 35.9 Å². The Morgan fingerprint density at radius 3 is 2.20 bits per heavy atom. The molecule has 0 heterocycles. The van der Waals surface area contributed by atoms with Crippen LogP contribution in [0.3, 0.4) is 0 Å². The molecule has 0 aliphatic heterocycles. The lowest BCUT2D eigenvalue weighted by Crippen LogP contribution is -2.42. The average molecular weight is 278 g/mol. The first kappa shape index (κ1) is 16.2. The topological polar surface area (TPSA) is 83.6 Å². The van der Waals surface area contributed by atoms with Gasteiger partial charge in [-0.3, -0.25) is 9.59 Å². The SMILES string of the molecule is CCN(CC)C(=O)CCC(O)(C(N)=O)c1ccccc1. The lowest BCUT2D eigenvalue weighted by atomic mass is 9.88. The van der Waals surface area contributed by atoms with Gasteiger partial charge in [-0.1, -0.05) is 30.3 Å². The molecule has 0 aromatic heterocycles. The highest BCUT2D eigenvalue weighted by Gasteiger charge is 2.36. The quantitative estimate of drug-likeness (QED) is 0.780. The Morgan fingerprint density at radius 2 is 1.75 bits per heavy atom. The highest BCUT2D eigenvalue weighted by Crippen LogP contribution is 2.26. The fraction of sp³-hybridized carbons (Fsp3) is 0.467. The summed E-state index contributed by atoms with van der Waals surface area (Å²) in [7, 11) is 0. The Hall–Kier alpha value is -1.88. The molecular weight excluding hydrogens is 256 g/mol. The van der Waals surface area contributed by atoms with E-state index in [2.05, 4.69) is 0 Å². The van der Waals surface area contributed by atoms with Gasteiger partial charge in [-0.2, -0.15) is 0 Å². The van der Waals surface area contributed by atoms with Crippen LogP contribution in [0.4, 0.5) is 0 Å². The van der Waals surface area contributed by atoms with Crippen LogP contribution in [0.1, 0.15) is 32.3 Å². The van der Waals surface area contributed by atoms with Gasteiger partial charge in [0.25, 0.3) is 5.91 Å². The van der Waals surface area contributed by atoms with Gasteiger partial charge < -0.3 is 15.7 Å². The molecule has 0 bridgehead atoms. The van der Waals surface area contributed by atoms with E-state index in [4.69, 9.17) is 5.73 Å². The molecule has 0 spiro atoms. The highest BCUT2D eigenvalue weighted by atomic mass is 16.3. The largest absolute Gasteiger partial charge is 0.375 e. The van der Waals surface area contributed by atoms with Gasteiger partial charge in [0, 0.05) is 19.5 Å². The van der Waals surface area contributed by atoms with Crippen molar-refractivity contribution < 1.29 is 14.7 Å². The number of amides is 2. The molecule has 1 unspecified atom stereocenters. The predicted octanol–water partition coefficient (Wildman–Crippen LogP) is 1.01. The number of hydrogen-bond acceptors (Lipinski definition) is 3. The number of benzene rings is 1. The van der Waals surface area contributed by atoms with Gasteiger partial charge in [-0.05, 0) is 25.8 Å². The summed E-state index contributed by atoms with van der Waals surface area (Å²) >= 11 is 0. The molecule has 1 atom stereocenters. The second-order valence-corrected chi connectivity index (χ2v) is 4.66. The van der Waals surface area contributed by atoms with E-state index < -0.39 is 11.5 Å². The minimum atomic E-state index is -1.80. The van der Waals surface area contributed by atoms with Crippen LogP contribution >= 0.6 is 0 Å². The van der Waals surface area contributed by atoms with Crippen LogP contribution in [-0.2, 0) is 15.2 Å². The van der Waals surface area contributed by atoms with Gasteiger partial charge in [0.15, 0.2) is 5.60 Å². The van der Waals surface area contributed by atoms with Crippen molar-refractivity contribution in [1.82, 2.24) is 4.90 Å². The van der Waals surface area contributed by atoms with E-state index in [0.29, 0.717) is 18.7 Å². The van der Waals surface area contributed by atoms with Crippen molar-refractivity contribution in [3.63, 3.8) is 0 Å². The summed E-state index contributed by atoms with van der Waals surface area (Å²) in [4.78, 5) is 25.2. The summed E-state index contributed by atoms with van der Waals surface area (Å²) in [6.07, 6.45) is 0.0672. The molecule has 1 aromatic carbocycles. The van der Waals surface area contributed by atoms with Crippen molar-refractivity contribution in [2.24, 2.45) is 5.73 Å². The van der Waals surface area contributed by atoms with E-state index in [0.717, 1.165) is 0 Å². The second kappa shape index (κ2) is 7.05. The zero-order chi connectivity index (χ0) is 15.2. The Balaban J connectivity index is 2.84. The Labute approximate surface area is 119 Å². The monoisotopic (exact) mass is 278 g/mol. The number of aliphatic hydroxyl groups is 1. The zero-order valence-corrected chi connectivity index (χ0v) is 12.0. The van der Waals surface area contributed by atoms with Gasteiger partial charge in [0.2, 0.25) is 5.91 Å². The third-order valence-corrected chi connectivity index (χ3v) is 3.48. The van der Waals surface area contributed by atoms with Crippen LogP contribution in [0.25, 0.3) is 0 Å². The second-order valence-electron chi connectivity index (χ2n) is 4.66. The van der Waals surface area contributed by atoms with Gasteiger partial charge in [0.1, 0.15) is 0 Å². The molecule has 2 amide bonds. The van der Waals surface area contributed by atoms with Crippen LogP contribution < -0.4 is 5.73 Å². The number of nitrogens with zero attached hydrogens (tertiary/aromatic N) is 1. The molecule has 0 radical (unpaired) electrons. The molecule has 5 heteroatoms. The molecule has 0 saturated heterocycles. The summed E-state index contributed by atoms with van der Waals surface area (Å²) in [5, 5.41) is 10.5. The number of carbonyl (C=O) groups is 2. The molecule has 0 aliphatic rings. The average Bonchev–Trinajstić information content (AvgIpc) is 2.46. The molecule has 0 fully saturated rings. The summed E-state index contributed by atoms with van der Waals surface area (Å²) in [5.74, 6) is -0.929. The molecule has 110 valence electrons. The van der Waals surface area contributed by atoms with Crippen molar-refractivity contribution in [2.45, 2.75) is 32.3 Å². The zero-order valence-electron chi connectivity index (χ0n) is 12.0. The number of nitrogens with two attached hydrogens (primary N) is 1. The summed E-state index contributed by atoms with van der Waals surface area (Å²) < 4.78 is 0.